The van der Waals surface area contributed by atoms with Crippen LogP contribution in [0, 0.1) is 0 Å². The van der Waals surface area contributed by atoms with Crippen molar-refractivity contribution in [3.05, 3.63) is 52.8 Å². The molecular formula is C14H11BrN2O2S. The zero-order valence-electron chi connectivity index (χ0n) is 10.4. The molecule has 6 heteroatoms. The Morgan fingerprint density at radius 1 is 1.20 bits per heavy atom. The quantitative estimate of drug-likeness (QED) is 0.734. The number of hydrogen-bond acceptors (Lipinski definition) is 4. The number of nitrogen functional groups attached to an aromatic ring is 1. The van der Waals surface area contributed by atoms with Crippen molar-refractivity contribution in [2.24, 2.45) is 0 Å². The molecule has 3 aromatic rings. The van der Waals surface area contributed by atoms with Crippen LogP contribution in [0.1, 0.15) is 5.89 Å². The number of rotatable bonds is 3. The monoisotopic (exact) mass is 350 g/mol. The first kappa shape index (κ1) is 13.3. The molecule has 0 bridgehead atoms. The molecular weight excluding hydrogens is 340 g/mol. The molecule has 1 heterocycles. The number of aromatic nitrogens is 1. The maximum absolute atomic E-state index is 12.3. The number of anilines is 1. The molecule has 0 fully saturated rings. The van der Waals surface area contributed by atoms with Crippen molar-refractivity contribution >= 4 is 43.5 Å². The van der Waals surface area contributed by atoms with Gasteiger partial charge in [0.05, 0.1) is 21.4 Å². The number of benzene rings is 2. The van der Waals surface area contributed by atoms with Crippen LogP contribution in [0.15, 0.2) is 56.2 Å². The lowest BCUT2D eigenvalue weighted by Gasteiger charge is -2.01. The lowest BCUT2D eigenvalue weighted by Crippen LogP contribution is -1.97. The smallest absolute Gasteiger partial charge is 0.208 e. The van der Waals surface area contributed by atoms with E-state index in [1.54, 1.807) is 18.2 Å². The fraction of sp³-hybridized carbons (Fsp3) is 0.0714. The first-order valence-electron chi connectivity index (χ1n) is 5.92. The number of nitrogens with zero attached hydrogens (tertiary/aromatic N) is 1. The van der Waals surface area contributed by atoms with E-state index in [9.17, 15) is 4.21 Å². The van der Waals surface area contributed by atoms with Crippen LogP contribution in [0.3, 0.4) is 0 Å². The van der Waals surface area contributed by atoms with E-state index >= 15 is 0 Å². The van der Waals surface area contributed by atoms with Gasteiger partial charge in [-0.05, 0) is 40.2 Å². The van der Waals surface area contributed by atoms with E-state index in [1.165, 1.54) is 0 Å². The molecule has 0 amide bonds. The third kappa shape index (κ3) is 2.48. The summed E-state index contributed by atoms with van der Waals surface area (Å²) in [6, 6.07) is 12.8. The Labute approximate surface area is 126 Å². The Bertz CT molecular complexity index is 801. The largest absolute Gasteiger partial charge is 0.440 e. The number of fused-ring (bicyclic) bond motifs is 1. The van der Waals surface area contributed by atoms with E-state index in [1.807, 2.05) is 24.3 Å². The first-order chi connectivity index (χ1) is 9.65. The van der Waals surface area contributed by atoms with E-state index in [0.29, 0.717) is 22.7 Å². The minimum absolute atomic E-state index is 0.219. The molecule has 3 rings (SSSR count). The molecule has 0 radical (unpaired) electrons. The second-order valence-electron chi connectivity index (χ2n) is 4.22. The normalized spacial score (nSPS) is 12.7. The highest BCUT2D eigenvalue weighted by Gasteiger charge is 2.14. The Hall–Kier alpha value is -1.66. The van der Waals surface area contributed by atoms with E-state index < -0.39 is 10.8 Å². The molecule has 0 saturated carbocycles. The standard InChI is InChI=1S/C14H11BrN2O2S/c15-9-4-1-2-7-12(9)20(18)8-13-17-14-10(16)5-3-6-11(14)19-13/h1-7H,8,16H2. The Kier molecular flexibility index (Phi) is 3.58. The molecule has 0 spiro atoms. The Morgan fingerprint density at radius 3 is 2.75 bits per heavy atom. The van der Waals surface area contributed by atoms with Crippen LogP contribution in [-0.2, 0) is 16.6 Å². The summed E-state index contributed by atoms with van der Waals surface area (Å²) >= 11 is 3.39. The maximum Gasteiger partial charge on any atom is 0.208 e. The van der Waals surface area contributed by atoms with Crippen molar-refractivity contribution in [2.75, 3.05) is 5.73 Å². The van der Waals surface area contributed by atoms with Crippen LogP contribution >= 0.6 is 15.9 Å². The summed E-state index contributed by atoms with van der Waals surface area (Å²) in [5, 5.41) is 0. The molecule has 1 atom stereocenters. The molecule has 1 unspecified atom stereocenters. The third-order valence-electron chi connectivity index (χ3n) is 2.83. The van der Waals surface area contributed by atoms with E-state index in [-0.39, 0.29) is 5.75 Å². The van der Waals surface area contributed by atoms with Gasteiger partial charge in [0.1, 0.15) is 11.3 Å². The van der Waals surface area contributed by atoms with Crippen molar-refractivity contribution in [2.45, 2.75) is 10.6 Å². The Morgan fingerprint density at radius 2 is 2.00 bits per heavy atom. The summed E-state index contributed by atoms with van der Waals surface area (Å²) in [4.78, 5) is 5.03. The average Bonchev–Trinajstić information content (AvgIpc) is 2.83. The summed E-state index contributed by atoms with van der Waals surface area (Å²) in [6.07, 6.45) is 0. The summed E-state index contributed by atoms with van der Waals surface area (Å²) in [5.41, 5.74) is 7.62. The third-order valence-corrected chi connectivity index (χ3v) is 5.14. The van der Waals surface area contributed by atoms with Gasteiger partial charge in [-0.2, -0.15) is 0 Å². The van der Waals surface area contributed by atoms with Gasteiger partial charge >= 0.3 is 0 Å². The molecule has 102 valence electrons. The van der Waals surface area contributed by atoms with Crippen molar-refractivity contribution in [3.8, 4) is 0 Å². The number of oxazole rings is 1. The molecule has 0 aliphatic rings. The zero-order chi connectivity index (χ0) is 14.1. The predicted octanol–water partition coefficient (Wildman–Crippen LogP) is 3.48. The topological polar surface area (TPSA) is 69.1 Å². The average molecular weight is 351 g/mol. The van der Waals surface area contributed by atoms with Crippen molar-refractivity contribution in [1.82, 2.24) is 4.98 Å². The molecule has 4 nitrogen and oxygen atoms in total. The van der Waals surface area contributed by atoms with Gasteiger partial charge in [0.15, 0.2) is 5.58 Å². The highest BCUT2D eigenvalue weighted by molar-refractivity contribution is 9.10. The van der Waals surface area contributed by atoms with E-state index in [2.05, 4.69) is 20.9 Å². The highest BCUT2D eigenvalue weighted by Crippen LogP contribution is 2.25. The second kappa shape index (κ2) is 5.38. The first-order valence-corrected chi connectivity index (χ1v) is 8.03. The SMILES string of the molecule is Nc1cccc2oc(CS(=O)c3ccccc3Br)nc12. The summed E-state index contributed by atoms with van der Waals surface area (Å²) in [7, 11) is -1.22. The molecule has 0 saturated heterocycles. The second-order valence-corrected chi connectivity index (χ2v) is 6.50. The van der Waals surface area contributed by atoms with E-state index in [0.717, 1.165) is 9.37 Å². The molecule has 2 aromatic carbocycles. The minimum atomic E-state index is -1.22. The number of hydrogen-bond donors (Lipinski definition) is 1. The molecule has 0 aliphatic heterocycles. The predicted molar refractivity (Wildman–Crippen MR) is 82.7 cm³/mol. The fourth-order valence-corrected chi connectivity index (χ4v) is 3.74. The van der Waals surface area contributed by atoms with Crippen LogP contribution in [0.25, 0.3) is 11.1 Å². The minimum Gasteiger partial charge on any atom is -0.440 e. The fourth-order valence-electron chi connectivity index (χ4n) is 1.90. The van der Waals surface area contributed by atoms with Crippen LogP contribution in [0.4, 0.5) is 5.69 Å². The van der Waals surface area contributed by atoms with Crippen molar-refractivity contribution < 1.29 is 8.63 Å². The van der Waals surface area contributed by atoms with Gasteiger partial charge in [0.25, 0.3) is 0 Å². The van der Waals surface area contributed by atoms with Crippen molar-refractivity contribution in [3.63, 3.8) is 0 Å². The van der Waals surface area contributed by atoms with Crippen LogP contribution in [0.2, 0.25) is 0 Å². The Balaban J connectivity index is 1.92. The number of para-hydroxylation sites is 1. The number of nitrogens with two attached hydrogens (primary N) is 1. The van der Waals surface area contributed by atoms with E-state index in [4.69, 9.17) is 10.2 Å². The van der Waals surface area contributed by atoms with Gasteiger partial charge in [-0.25, -0.2) is 4.98 Å². The highest BCUT2D eigenvalue weighted by atomic mass is 79.9. The lowest BCUT2D eigenvalue weighted by molar-refractivity contribution is 0.552. The van der Waals surface area contributed by atoms with Crippen LogP contribution in [0.5, 0.6) is 0 Å². The lowest BCUT2D eigenvalue weighted by atomic mass is 10.3. The van der Waals surface area contributed by atoms with Gasteiger partial charge in [-0.3, -0.25) is 4.21 Å². The summed E-state index contributed by atoms with van der Waals surface area (Å²) < 4.78 is 18.7. The van der Waals surface area contributed by atoms with Gasteiger partial charge in [0.2, 0.25) is 5.89 Å². The van der Waals surface area contributed by atoms with Gasteiger partial charge in [-0.15, -0.1) is 0 Å². The zero-order valence-corrected chi connectivity index (χ0v) is 12.8. The van der Waals surface area contributed by atoms with Gasteiger partial charge in [-0.1, -0.05) is 18.2 Å². The van der Waals surface area contributed by atoms with Gasteiger partial charge in [0, 0.05) is 4.47 Å². The van der Waals surface area contributed by atoms with Crippen LogP contribution in [-0.4, -0.2) is 9.19 Å². The van der Waals surface area contributed by atoms with Crippen molar-refractivity contribution in [1.29, 1.82) is 0 Å². The molecule has 20 heavy (non-hydrogen) atoms. The molecule has 1 aromatic heterocycles. The summed E-state index contributed by atoms with van der Waals surface area (Å²) in [5.74, 6) is 0.642. The van der Waals surface area contributed by atoms with Crippen LogP contribution < -0.4 is 5.73 Å². The van der Waals surface area contributed by atoms with Gasteiger partial charge < -0.3 is 10.2 Å². The molecule has 2 N–H and O–H groups in total. The number of halogens is 1. The summed E-state index contributed by atoms with van der Waals surface area (Å²) in [6.45, 7) is 0. The maximum atomic E-state index is 12.3. The molecule has 0 aliphatic carbocycles.